The molecule has 1 saturated carbocycles. The van der Waals surface area contributed by atoms with Crippen LogP contribution in [0.2, 0.25) is 0 Å². The summed E-state index contributed by atoms with van der Waals surface area (Å²) in [5.74, 6) is -0.832. The lowest BCUT2D eigenvalue weighted by Crippen LogP contribution is -2.54. The number of hydrogen-bond acceptors (Lipinski definition) is 6. The van der Waals surface area contributed by atoms with Crippen LogP contribution >= 0.6 is 0 Å². The monoisotopic (exact) mass is 561 g/mol. The predicted molar refractivity (Wildman–Crippen MR) is 150 cm³/mol. The molecule has 2 aliphatic carbocycles. The molecule has 2 amide bonds. The number of carbonyl (C=O) groups is 2. The van der Waals surface area contributed by atoms with Gasteiger partial charge in [-0.15, -0.1) is 0 Å². The molecule has 1 aliphatic heterocycles. The molecule has 0 saturated heterocycles. The van der Waals surface area contributed by atoms with Crippen molar-refractivity contribution in [3.05, 3.63) is 71.3 Å². The van der Waals surface area contributed by atoms with Crippen molar-refractivity contribution >= 4 is 11.8 Å². The van der Waals surface area contributed by atoms with E-state index in [1.165, 1.54) is 17.7 Å². The SMILES string of the molecule is CC(C(=O)N(CC(=O)N1Cc2cc(F)ccc2OC[C@H]1C1CC1)C(N)O)[C@H]1CCc2cc(-c3cnn(C)c3)ccc21. The molecule has 41 heavy (non-hydrogen) atoms. The number of nitrogens with two attached hydrogens (primary N) is 1. The largest absolute Gasteiger partial charge is 0.491 e. The van der Waals surface area contributed by atoms with Gasteiger partial charge in [-0.2, -0.15) is 5.10 Å². The zero-order valence-corrected chi connectivity index (χ0v) is 23.4. The second kappa shape index (κ2) is 10.9. The van der Waals surface area contributed by atoms with Crippen LogP contribution in [0.15, 0.2) is 48.8 Å². The number of hydrogen-bond donors (Lipinski definition) is 2. The Balaban J connectivity index is 1.19. The van der Waals surface area contributed by atoms with Gasteiger partial charge in [0.15, 0.2) is 6.35 Å². The number of rotatable bonds is 7. The van der Waals surface area contributed by atoms with Gasteiger partial charge in [-0.05, 0) is 72.4 Å². The Morgan fingerprint density at radius 1 is 1.17 bits per heavy atom. The number of amides is 2. The van der Waals surface area contributed by atoms with Gasteiger partial charge in [0.05, 0.1) is 12.2 Å². The Bertz CT molecular complexity index is 1470. The normalized spacial score (nSPS) is 21.3. The van der Waals surface area contributed by atoms with Crippen molar-refractivity contribution in [1.82, 2.24) is 19.6 Å². The van der Waals surface area contributed by atoms with Gasteiger partial charge in [-0.3, -0.25) is 24.9 Å². The predicted octanol–water partition coefficient (Wildman–Crippen LogP) is 3.16. The summed E-state index contributed by atoms with van der Waals surface area (Å²) in [5.41, 5.74) is 10.9. The molecular weight excluding hydrogens is 525 g/mol. The van der Waals surface area contributed by atoms with E-state index in [2.05, 4.69) is 17.2 Å². The molecular formula is C31H36FN5O4. The average Bonchev–Trinajstić information content (AvgIpc) is 3.61. The van der Waals surface area contributed by atoms with Crippen molar-refractivity contribution in [2.45, 2.75) is 57.5 Å². The van der Waals surface area contributed by atoms with Crippen LogP contribution in [0, 0.1) is 17.7 Å². The average molecular weight is 562 g/mol. The van der Waals surface area contributed by atoms with E-state index in [0.29, 0.717) is 17.9 Å². The van der Waals surface area contributed by atoms with Crippen molar-refractivity contribution < 1.29 is 23.8 Å². The van der Waals surface area contributed by atoms with E-state index in [0.717, 1.165) is 47.3 Å². The Kier molecular flexibility index (Phi) is 7.29. The van der Waals surface area contributed by atoms with Crippen LogP contribution in [-0.4, -0.2) is 62.0 Å². The van der Waals surface area contributed by atoms with Crippen LogP contribution < -0.4 is 10.5 Å². The van der Waals surface area contributed by atoms with Gasteiger partial charge in [0.2, 0.25) is 11.8 Å². The molecule has 3 N–H and O–H groups in total. The van der Waals surface area contributed by atoms with Gasteiger partial charge >= 0.3 is 0 Å². The molecule has 2 unspecified atom stereocenters. The van der Waals surface area contributed by atoms with Crippen molar-refractivity contribution in [2.24, 2.45) is 24.6 Å². The van der Waals surface area contributed by atoms with Crippen molar-refractivity contribution in [3.8, 4) is 16.9 Å². The van der Waals surface area contributed by atoms with E-state index in [9.17, 15) is 19.1 Å². The number of benzene rings is 2. The maximum Gasteiger partial charge on any atom is 0.243 e. The molecule has 2 heterocycles. The lowest BCUT2D eigenvalue weighted by Gasteiger charge is -2.34. The summed E-state index contributed by atoms with van der Waals surface area (Å²) >= 11 is 0. The highest BCUT2D eigenvalue weighted by Crippen LogP contribution is 2.41. The van der Waals surface area contributed by atoms with E-state index in [4.69, 9.17) is 10.5 Å². The molecule has 0 bridgehead atoms. The van der Waals surface area contributed by atoms with E-state index in [1.54, 1.807) is 15.6 Å². The van der Waals surface area contributed by atoms with Gasteiger partial charge in [-0.25, -0.2) is 4.39 Å². The van der Waals surface area contributed by atoms with Gasteiger partial charge in [0.25, 0.3) is 0 Å². The van der Waals surface area contributed by atoms with E-state index in [-0.39, 0.29) is 42.8 Å². The van der Waals surface area contributed by atoms with Crippen molar-refractivity contribution in [2.75, 3.05) is 13.2 Å². The second-order valence-corrected chi connectivity index (χ2v) is 11.6. The third kappa shape index (κ3) is 5.46. The molecule has 216 valence electrons. The first kappa shape index (κ1) is 27.4. The molecule has 1 aromatic heterocycles. The number of aryl methyl sites for hydroxylation is 2. The number of carbonyl (C=O) groups excluding carboxylic acids is 2. The van der Waals surface area contributed by atoms with Gasteiger partial charge < -0.3 is 14.7 Å². The summed E-state index contributed by atoms with van der Waals surface area (Å²) in [5, 5.41) is 14.7. The number of halogens is 1. The minimum atomic E-state index is -1.63. The molecule has 6 rings (SSSR count). The van der Waals surface area contributed by atoms with Crippen molar-refractivity contribution in [3.63, 3.8) is 0 Å². The van der Waals surface area contributed by atoms with E-state index < -0.39 is 18.1 Å². The smallest absolute Gasteiger partial charge is 0.243 e. The van der Waals surface area contributed by atoms with Gasteiger partial charge in [0.1, 0.15) is 24.7 Å². The second-order valence-electron chi connectivity index (χ2n) is 11.6. The molecule has 1 fully saturated rings. The van der Waals surface area contributed by atoms with Gasteiger partial charge in [-0.1, -0.05) is 25.1 Å². The Morgan fingerprint density at radius 2 is 1.98 bits per heavy atom. The zero-order chi connectivity index (χ0) is 28.8. The fraction of sp³-hybridized carbons (Fsp3) is 0.452. The number of aliphatic hydroxyl groups is 1. The topological polar surface area (TPSA) is 114 Å². The van der Waals surface area contributed by atoms with E-state index >= 15 is 0 Å². The molecule has 3 aliphatic rings. The van der Waals surface area contributed by atoms with Gasteiger partial charge in [0, 0.05) is 36.8 Å². The first-order valence-corrected chi connectivity index (χ1v) is 14.3. The van der Waals surface area contributed by atoms with E-state index in [1.807, 2.05) is 32.4 Å². The van der Waals surface area contributed by atoms with Crippen LogP contribution in [0.1, 0.15) is 48.8 Å². The summed E-state index contributed by atoms with van der Waals surface area (Å²) in [6.45, 7) is 1.93. The standard InChI is InChI=1S/C31H36FN5O4/c1-18(25-8-6-21-11-20(5-9-26(21)25)23-13-34-35(2)14-23)30(39)37(31(33)40)16-29(38)36-15-22-12-24(32)7-10-28(22)41-17-27(36)19-3-4-19/h5,7,9-14,18-19,25,27,31,40H,3-4,6,8,15-17,33H2,1-2H3/t18?,25-,27+,31?/m1/s1. The summed E-state index contributed by atoms with van der Waals surface area (Å²) in [6, 6.07) is 10.4. The van der Waals surface area contributed by atoms with Crippen molar-refractivity contribution in [1.29, 1.82) is 0 Å². The Hall–Kier alpha value is -3.76. The highest BCUT2D eigenvalue weighted by atomic mass is 19.1. The molecule has 4 atom stereocenters. The fourth-order valence-electron chi connectivity index (χ4n) is 6.41. The maximum absolute atomic E-state index is 14.0. The quantitative estimate of drug-likeness (QED) is 0.429. The highest BCUT2D eigenvalue weighted by Gasteiger charge is 2.42. The number of nitrogens with zero attached hydrogens (tertiary/aromatic N) is 4. The number of fused-ring (bicyclic) bond motifs is 2. The Labute approximate surface area is 238 Å². The Morgan fingerprint density at radius 3 is 2.68 bits per heavy atom. The van der Waals surface area contributed by atoms with Crippen LogP contribution in [0.5, 0.6) is 5.75 Å². The maximum atomic E-state index is 14.0. The fourth-order valence-corrected chi connectivity index (χ4v) is 6.41. The zero-order valence-electron chi connectivity index (χ0n) is 23.4. The molecule has 0 spiro atoms. The molecule has 0 radical (unpaired) electrons. The number of aliphatic hydroxyl groups excluding tert-OH is 1. The molecule has 2 aromatic carbocycles. The third-order valence-electron chi connectivity index (χ3n) is 8.87. The molecule has 10 heteroatoms. The summed E-state index contributed by atoms with van der Waals surface area (Å²) in [4.78, 5) is 30.2. The third-order valence-corrected chi connectivity index (χ3v) is 8.87. The van der Waals surface area contributed by atoms with Crippen LogP contribution in [0.3, 0.4) is 0 Å². The number of aromatic nitrogens is 2. The molecule has 9 nitrogen and oxygen atoms in total. The molecule has 3 aromatic rings. The summed E-state index contributed by atoms with van der Waals surface area (Å²) < 4.78 is 21.8. The summed E-state index contributed by atoms with van der Waals surface area (Å²) in [7, 11) is 1.88. The minimum absolute atomic E-state index is 0.0579. The number of ether oxygens (including phenoxy) is 1. The lowest BCUT2D eigenvalue weighted by atomic mass is 9.87. The first-order valence-electron chi connectivity index (χ1n) is 14.3. The highest BCUT2D eigenvalue weighted by molar-refractivity contribution is 5.87. The first-order chi connectivity index (χ1) is 19.7. The van der Waals surface area contributed by atoms with Crippen LogP contribution in [0.4, 0.5) is 4.39 Å². The van der Waals surface area contributed by atoms with Crippen LogP contribution in [0.25, 0.3) is 11.1 Å². The lowest BCUT2D eigenvalue weighted by molar-refractivity contribution is -0.154. The summed E-state index contributed by atoms with van der Waals surface area (Å²) in [6.07, 6.45) is 5.75. The van der Waals surface area contributed by atoms with Crippen LogP contribution in [-0.2, 0) is 29.6 Å². The minimum Gasteiger partial charge on any atom is -0.491 e.